The Morgan fingerprint density at radius 3 is 2.41 bits per heavy atom. The van der Waals surface area contributed by atoms with Crippen molar-refractivity contribution in [2.24, 2.45) is 11.8 Å². The Morgan fingerprint density at radius 1 is 1.26 bits per heavy atom. The molecule has 0 bridgehead atoms. The van der Waals surface area contributed by atoms with Crippen LogP contribution in [0.3, 0.4) is 0 Å². The normalized spacial score (nSPS) is 33.0. The summed E-state index contributed by atoms with van der Waals surface area (Å²) in [4.78, 5) is 17.8. The van der Waals surface area contributed by atoms with E-state index >= 15 is 0 Å². The molecule has 1 N–H and O–H groups in total. The summed E-state index contributed by atoms with van der Waals surface area (Å²) in [6.45, 7) is 13.4. The van der Waals surface area contributed by atoms with Crippen LogP contribution in [0.1, 0.15) is 85.3 Å². The first-order valence-electron chi connectivity index (χ1n) is 10.4. The van der Waals surface area contributed by atoms with Gasteiger partial charge in [0.15, 0.2) is 0 Å². The third-order valence-corrected chi connectivity index (χ3v) is 7.08. The first-order valence-corrected chi connectivity index (χ1v) is 10.4. The number of rotatable bonds is 8. The summed E-state index contributed by atoms with van der Waals surface area (Å²) in [5, 5.41) is 11.4. The van der Waals surface area contributed by atoms with E-state index in [1.54, 1.807) is 0 Å². The molecule has 0 amide bonds. The van der Waals surface area contributed by atoms with Crippen molar-refractivity contribution in [2.45, 2.75) is 90.8 Å². The fourth-order valence-electron chi connectivity index (χ4n) is 4.74. The molecule has 152 valence electrons. The van der Waals surface area contributed by atoms with Crippen LogP contribution < -0.4 is 0 Å². The van der Waals surface area contributed by atoms with Gasteiger partial charge < -0.3 is 5.11 Å². The monoisotopic (exact) mass is 375 g/mol. The smallest absolute Gasteiger partial charge is 0.303 e. The minimum Gasteiger partial charge on any atom is -0.481 e. The van der Waals surface area contributed by atoms with Gasteiger partial charge in [0.2, 0.25) is 0 Å². The Labute approximate surface area is 164 Å². The summed E-state index contributed by atoms with van der Waals surface area (Å²) < 4.78 is 0. The van der Waals surface area contributed by atoms with Crippen molar-refractivity contribution in [1.82, 2.24) is 5.06 Å². The summed E-state index contributed by atoms with van der Waals surface area (Å²) in [6, 6.07) is 10.3. The quantitative estimate of drug-likeness (QED) is 0.620. The number of piperidine rings is 1. The average molecular weight is 376 g/mol. The fourth-order valence-corrected chi connectivity index (χ4v) is 4.74. The highest BCUT2D eigenvalue weighted by Crippen LogP contribution is 2.50. The highest BCUT2D eigenvalue weighted by Gasteiger charge is 2.53. The lowest BCUT2D eigenvalue weighted by Crippen LogP contribution is -2.66. The third kappa shape index (κ3) is 4.55. The largest absolute Gasteiger partial charge is 0.481 e. The van der Waals surface area contributed by atoms with Gasteiger partial charge in [-0.05, 0) is 63.9 Å². The number of carbonyl (C=O) groups is 1. The van der Waals surface area contributed by atoms with Gasteiger partial charge in [-0.25, -0.2) is 0 Å². The molecule has 1 aliphatic heterocycles. The number of hydroxylamine groups is 2. The van der Waals surface area contributed by atoms with Crippen LogP contribution in [0.15, 0.2) is 30.3 Å². The van der Waals surface area contributed by atoms with Gasteiger partial charge in [0, 0.05) is 17.5 Å². The van der Waals surface area contributed by atoms with Gasteiger partial charge in [-0.2, -0.15) is 5.06 Å². The summed E-state index contributed by atoms with van der Waals surface area (Å²) in [5.74, 6) is 0.0577. The van der Waals surface area contributed by atoms with Crippen molar-refractivity contribution < 1.29 is 14.7 Å². The van der Waals surface area contributed by atoms with Gasteiger partial charge in [-0.3, -0.25) is 9.63 Å². The Hall–Kier alpha value is -1.39. The van der Waals surface area contributed by atoms with Crippen LogP contribution in [-0.2, 0) is 9.63 Å². The molecule has 0 spiro atoms. The molecule has 27 heavy (non-hydrogen) atoms. The highest BCUT2D eigenvalue weighted by molar-refractivity contribution is 5.66. The van der Waals surface area contributed by atoms with Crippen molar-refractivity contribution in [3.63, 3.8) is 0 Å². The number of hydrogen-bond donors (Lipinski definition) is 1. The fraction of sp³-hybridized carbons (Fsp3) is 0.696. The van der Waals surface area contributed by atoms with Crippen LogP contribution in [0, 0.1) is 11.8 Å². The van der Waals surface area contributed by atoms with Crippen molar-refractivity contribution in [3.8, 4) is 0 Å². The SMILES string of the molecule is CCC1(C)CC(CCC(=O)O)C(C)C(C)(CC)N1OC(C)c1ccccc1. The summed E-state index contributed by atoms with van der Waals surface area (Å²) in [5.41, 5.74) is 0.939. The molecule has 2 rings (SSSR count). The van der Waals surface area contributed by atoms with Crippen molar-refractivity contribution >= 4 is 5.97 Å². The first kappa shape index (κ1) is 21.9. The van der Waals surface area contributed by atoms with Gasteiger partial charge in [-0.1, -0.05) is 51.1 Å². The second kappa shape index (κ2) is 8.74. The van der Waals surface area contributed by atoms with Gasteiger partial charge in [0.1, 0.15) is 6.10 Å². The van der Waals surface area contributed by atoms with Crippen molar-refractivity contribution in [2.75, 3.05) is 0 Å². The molecule has 4 nitrogen and oxygen atoms in total. The van der Waals surface area contributed by atoms with E-state index in [4.69, 9.17) is 9.94 Å². The standard InChI is InChI=1S/C23H37NO3/c1-7-22(5)16-20(14-15-21(25)26)17(3)23(6,8-2)24(22)27-18(4)19-12-10-9-11-13-19/h9-13,17-18,20H,7-8,14-16H2,1-6H3,(H,25,26). The molecule has 1 fully saturated rings. The van der Waals surface area contributed by atoms with E-state index in [0.29, 0.717) is 11.8 Å². The molecule has 5 unspecified atom stereocenters. The lowest BCUT2D eigenvalue weighted by Gasteiger charge is -2.60. The number of carboxylic acids is 1. The molecule has 0 aromatic heterocycles. The number of carboxylic acid groups (broad SMARTS) is 1. The Balaban J connectivity index is 2.31. The molecular formula is C23H37NO3. The lowest BCUT2D eigenvalue weighted by molar-refractivity contribution is -0.332. The Kier molecular flexibility index (Phi) is 7.09. The molecule has 1 aromatic carbocycles. The minimum atomic E-state index is -0.699. The second-order valence-corrected chi connectivity index (χ2v) is 8.70. The van der Waals surface area contributed by atoms with E-state index in [2.05, 4.69) is 58.7 Å². The molecule has 0 saturated carbocycles. The third-order valence-electron chi connectivity index (χ3n) is 7.08. The minimum absolute atomic E-state index is 0.0225. The maximum absolute atomic E-state index is 11.1. The van der Waals surface area contributed by atoms with Gasteiger partial charge >= 0.3 is 5.97 Å². The Morgan fingerprint density at radius 2 is 1.89 bits per heavy atom. The average Bonchev–Trinajstić information content (AvgIpc) is 2.67. The zero-order valence-corrected chi connectivity index (χ0v) is 17.9. The summed E-state index contributed by atoms with van der Waals surface area (Å²) in [7, 11) is 0. The van der Waals surface area contributed by atoms with Crippen LogP contribution >= 0.6 is 0 Å². The van der Waals surface area contributed by atoms with Crippen LogP contribution in [0.5, 0.6) is 0 Å². The lowest BCUT2D eigenvalue weighted by atomic mass is 9.64. The van der Waals surface area contributed by atoms with E-state index in [-0.39, 0.29) is 23.6 Å². The van der Waals surface area contributed by atoms with Gasteiger partial charge in [0.25, 0.3) is 0 Å². The van der Waals surface area contributed by atoms with Crippen LogP contribution in [0.25, 0.3) is 0 Å². The zero-order valence-electron chi connectivity index (χ0n) is 17.9. The number of aliphatic carboxylic acids is 1. The van der Waals surface area contributed by atoms with Crippen LogP contribution in [0.2, 0.25) is 0 Å². The molecule has 5 atom stereocenters. The maximum atomic E-state index is 11.1. The van der Waals surface area contributed by atoms with E-state index in [1.165, 1.54) is 5.56 Å². The summed E-state index contributed by atoms with van der Waals surface area (Å²) in [6.07, 6.45) is 3.87. The van der Waals surface area contributed by atoms with E-state index in [9.17, 15) is 4.79 Å². The molecule has 0 aliphatic carbocycles. The first-order chi connectivity index (χ1) is 12.7. The Bertz CT molecular complexity index is 619. The number of hydrogen-bond acceptors (Lipinski definition) is 3. The molecule has 1 saturated heterocycles. The van der Waals surface area contributed by atoms with Gasteiger partial charge in [0.05, 0.1) is 0 Å². The highest BCUT2D eigenvalue weighted by atomic mass is 16.7. The number of benzene rings is 1. The molecule has 1 heterocycles. The predicted molar refractivity (Wildman–Crippen MR) is 109 cm³/mol. The molecule has 1 aliphatic rings. The molecular weight excluding hydrogens is 338 g/mol. The van der Waals surface area contributed by atoms with E-state index in [1.807, 2.05) is 18.2 Å². The van der Waals surface area contributed by atoms with Crippen molar-refractivity contribution in [3.05, 3.63) is 35.9 Å². The van der Waals surface area contributed by atoms with Gasteiger partial charge in [-0.15, -0.1) is 0 Å². The number of nitrogens with zero attached hydrogens (tertiary/aromatic N) is 1. The van der Waals surface area contributed by atoms with Crippen molar-refractivity contribution in [1.29, 1.82) is 0 Å². The molecule has 0 radical (unpaired) electrons. The molecule has 1 aromatic rings. The van der Waals surface area contributed by atoms with E-state index in [0.717, 1.165) is 25.7 Å². The summed E-state index contributed by atoms with van der Waals surface area (Å²) >= 11 is 0. The molecule has 4 heteroatoms. The zero-order chi connectivity index (χ0) is 20.2. The second-order valence-electron chi connectivity index (χ2n) is 8.70. The maximum Gasteiger partial charge on any atom is 0.303 e. The topological polar surface area (TPSA) is 49.8 Å². The van der Waals surface area contributed by atoms with E-state index < -0.39 is 5.97 Å². The predicted octanol–water partition coefficient (Wildman–Crippen LogP) is 5.84. The van der Waals surface area contributed by atoms with Crippen LogP contribution in [0.4, 0.5) is 0 Å². The van der Waals surface area contributed by atoms with Crippen LogP contribution in [-0.4, -0.2) is 27.2 Å².